The minimum absolute atomic E-state index is 0.259. The topological polar surface area (TPSA) is 59.8 Å². The molecule has 30 heavy (non-hydrogen) atoms. The third kappa shape index (κ3) is 3.18. The lowest BCUT2D eigenvalue weighted by atomic mass is 10.1. The maximum atomic E-state index is 12.8. The van der Waals surface area contributed by atoms with Crippen LogP contribution < -0.4 is 5.32 Å². The van der Waals surface area contributed by atoms with Gasteiger partial charge in [-0.25, -0.2) is 9.97 Å². The van der Waals surface area contributed by atoms with Crippen molar-refractivity contribution in [1.29, 1.82) is 0 Å². The molecule has 5 rings (SSSR count). The van der Waals surface area contributed by atoms with Crippen LogP contribution in [0.15, 0.2) is 79.1 Å². The summed E-state index contributed by atoms with van der Waals surface area (Å²) in [5.41, 5.74) is 3.31. The van der Waals surface area contributed by atoms with Crippen LogP contribution in [0.25, 0.3) is 27.6 Å². The fraction of sp³-hybridized carbons (Fsp3) is 0. The van der Waals surface area contributed by atoms with Crippen molar-refractivity contribution in [3.8, 4) is 5.69 Å². The van der Waals surface area contributed by atoms with Crippen molar-refractivity contribution >= 4 is 56.9 Å². The predicted octanol–water partition coefficient (Wildman–Crippen LogP) is 6.13. The van der Waals surface area contributed by atoms with E-state index in [2.05, 4.69) is 15.3 Å². The Bertz CT molecular complexity index is 1410. The normalized spacial score (nSPS) is 11.1. The van der Waals surface area contributed by atoms with E-state index in [9.17, 15) is 4.79 Å². The van der Waals surface area contributed by atoms with Crippen LogP contribution in [-0.2, 0) is 0 Å². The first kappa shape index (κ1) is 18.6. The Morgan fingerprint density at radius 1 is 0.933 bits per heavy atom. The van der Waals surface area contributed by atoms with E-state index in [1.807, 2.05) is 59.2 Å². The molecule has 0 aliphatic heterocycles. The maximum absolute atomic E-state index is 12.8. The molecular weight excluding hydrogens is 419 g/mol. The van der Waals surface area contributed by atoms with Gasteiger partial charge in [-0.3, -0.25) is 9.36 Å². The standard InChI is InChI=1S/C23H14Cl2N4O/c24-15-10-11-18-16(12-15)21-20(26-13-29(21)19-9-5-4-8-17(19)25)22(27-18)28-23(30)14-6-2-1-3-7-14/h1-13H,(H,27,28,30). The summed E-state index contributed by atoms with van der Waals surface area (Å²) in [6, 6.07) is 21.9. The summed E-state index contributed by atoms with van der Waals surface area (Å²) in [6.07, 6.45) is 1.67. The summed E-state index contributed by atoms with van der Waals surface area (Å²) < 4.78 is 1.89. The average Bonchev–Trinajstić information content (AvgIpc) is 3.21. The van der Waals surface area contributed by atoms with Gasteiger partial charge in [-0.05, 0) is 42.5 Å². The molecule has 0 fully saturated rings. The first-order valence-corrected chi connectivity index (χ1v) is 9.95. The number of fused-ring (bicyclic) bond motifs is 3. The Morgan fingerprint density at radius 3 is 2.50 bits per heavy atom. The fourth-order valence-electron chi connectivity index (χ4n) is 3.43. The fourth-order valence-corrected chi connectivity index (χ4v) is 3.83. The highest BCUT2D eigenvalue weighted by atomic mass is 35.5. The average molecular weight is 433 g/mol. The summed E-state index contributed by atoms with van der Waals surface area (Å²) in [6.45, 7) is 0. The quantitative estimate of drug-likeness (QED) is 0.372. The highest BCUT2D eigenvalue weighted by molar-refractivity contribution is 6.33. The van der Waals surface area contributed by atoms with Crippen LogP contribution in [0.4, 0.5) is 5.82 Å². The van der Waals surface area contributed by atoms with Crippen molar-refractivity contribution in [3.05, 3.63) is 94.7 Å². The SMILES string of the molecule is O=C(Nc1nc2ccc(Cl)cc2c2c1ncn2-c1ccccc1Cl)c1ccccc1. The number of benzene rings is 3. The molecule has 0 spiro atoms. The summed E-state index contributed by atoms with van der Waals surface area (Å²) in [5.74, 6) is 0.115. The highest BCUT2D eigenvalue weighted by Gasteiger charge is 2.18. The van der Waals surface area contributed by atoms with Gasteiger partial charge in [-0.1, -0.05) is 53.5 Å². The van der Waals surface area contributed by atoms with Gasteiger partial charge in [0.25, 0.3) is 5.91 Å². The van der Waals surface area contributed by atoms with Gasteiger partial charge in [0.2, 0.25) is 0 Å². The third-order valence-electron chi connectivity index (χ3n) is 4.82. The van der Waals surface area contributed by atoms with E-state index in [1.54, 1.807) is 24.5 Å². The lowest BCUT2D eigenvalue weighted by Gasteiger charge is -2.11. The largest absolute Gasteiger partial charge is 0.305 e. The van der Waals surface area contributed by atoms with Crippen molar-refractivity contribution < 1.29 is 4.79 Å². The molecule has 0 atom stereocenters. The number of carbonyl (C=O) groups excluding carboxylic acids is 1. The molecule has 5 aromatic rings. The molecule has 0 radical (unpaired) electrons. The van der Waals surface area contributed by atoms with E-state index < -0.39 is 0 Å². The molecule has 146 valence electrons. The Hall–Kier alpha value is -3.41. The Labute approximate surface area is 181 Å². The van der Waals surface area contributed by atoms with Gasteiger partial charge in [0.05, 0.1) is 21.7 Å². The highest BCUT2D eigenvalue weighted by Crippen LogP contribution is 2.33. The number of nitrogens with zero attached hydrogens (tertiary/aromatic N) is 3. The molecule has 0 bridgehead atoms. The molecule has 0 unspecified atom stereocenters. The van der Waals surface area contributed by atoms with E-state index in [0.29, 0.717) is 32.5 Å². The zero-order valence-electron chi connectivity index (χ0n) is 15.5. The molecule has 0 aliphatic rings. The summed E-state index contributed by atoms with van der Waals surface area (Å²) >= 11 is 12.7. The minimum atomic E-state index is -0.259. The number of aromatic nitrogens is 3. The van der Waals surface area contributed by atoms with Crippen LogP contribution in [-0.4, -0.2) is 20.4 Å². The van der Waals surface area contributed by atoms with E-state index in [1.165, 1.54) is 0 Å². The second-order valence-electron chi connectivity index (χ2n) is 6.71. The molecular formula is C23H14Cl2N4O. The van der Waals surface area contributed by atoms with Gasteiger partial charge in [-0.15, -0.1) is 0 Å². The van der Waals surface area contributed by atoms with Crippen LogP contribution in [0.1, 0.15) is 10.4 Å². The molecule has 3 aromatic carbocycles. The first-order valence-electron chi connectivity index (χ1n) is 9.19. The second-order valence-corrected chi connectivity index (χ2v) is 7.55. The number of pyridine rings is 1. The van der Waals surface area contributed by atoms with Gasteiger partial charge < -0.3 is 5.32 Å². The monoisotopic (exact) mass is 432 g/mol. The van der Waals surface area contributed by atoms with Crippen LogP contribution in [0, 0.1) is 0 Å². The number of anilines is 1. The van der Waals surface area contributed by atoms with E-state index in [-0.39, 0.29) is 5.91 Å². The molecule has 5 nitrogen and oxygen atoms in total. The predicted molar refractivity (Wildman–Crippen MR) is 121 cm³/mol. The van der Waals surface area contributed by atoms with Crippen LogP contribution in [0.5, 0.6) is 0 Å². The second kappa shape index (κ2) is 7.44. The van der Waals surface area contributed by atoms with Gasteiger partial charge in [0.1, 0.15) is 11.8 Å². The van der Waals surface area contributed by atoms with Crippen molar-refractivity contribution in [3.63, 3.8) is 0 Å². The first-order chi connectivity index (χ1) is 14.6. The van der Waals surface area contributed by atoms with Crippen molar-refractivity contribution in [2.24, 2.45) is 0 Å². The van der Waals surface area contributed by atoms with Crippen molar-refractivity contribution in [1.82, 2.24) is 14.5 Å². The number of amides is 1. The van der Waals surface area contributed by atoms with Gasteiger partial charge in [0, 0.05) is 16.0 Å². The van der Waals surface area contributed by atoms with Crippen LogP contribution in [0.3, 0.4) is 0 Å². The number of halogens is 2. The number of nitrogens with one attached hydrogen (secondary N) is 1. The van der Waals surface area contributed by atoms with E-state index >= 15 is 0 Å². The Balaban J connectivity index is 1.75. The van der Waals surface area contributed by atoms with Crippen molar-refractivity contribution in [2.45, 2.75) is 0 Å². The zero-order valence-corrected chi connectivity index (χ0v) is 17.0. The number of para-hydroxylation sites is 1. The van der Waals surface area contributed by atoms with Gasteiger partial charge >= 0.3 is 0 Å². The molecule has 7 heteroatoms. The van der Waals surface area contributed by atoms with Crippen LogP contribution in [0.2, 0.25) is 10.0 Å². The minimum Gasteiger partial charge on any atom is -0.305 e. The zero-order chi connectivity index (χ0) is 20.7. The van der Waals surface area contributed by atoms with E-state index in [4.69, 9.17) is 23.2 Å². The molecule has 0 saturated heterocycles. The van der Waals surface area contributed by atoms with Crippen molar-refractivity contribution in [2.75, 3.05) is 5.32 Å². The van der Waals surface area contributed by atoms with Crippen LogP contribution >= 0.6 is 23.2 Å². The number of imidazole rings is 1. The van der Waals surface area contributed by atoms with Gasteiger partial charge in [0.15, 0.2) is 5.82 Å². The number of hydrogen-bond acceptors (Lipinski definition) is 3. The number of rotatable bonds is 3. The van der Waals surface area contributed by atoms with E-state index in [0.717, 1.165) is 16.6 Å². The third-order valence-corrected chi connectivity index (χ3v) is 5.37. The lowest BCUT2D eigenvalue weighted by Crippen LogP contribution is -2.13. The molecule has 1 amide bonds. The summed E-state index contributed by atoms with van der Waals surface area (Å²) in [5, 5.41) is 4.87. The maximum Gasteiger partial charge on any atom is 0.256 e. The Morgan fingerprint density at radius 2 is 1.70 bits per heavy atom. The molecule has 2 aromatic heterocycles. The molecule has 0 saturated carbocycles. The summed E-state index contributed by atoms with van der Waals surface area (Å²) in [7, 11) is 0. The number of hydrogen-bond donors (Lipinski definition) is 1. The number of carbonyl (C=O) groups is 1. The molecule has 2 heterocycles. The Kier molecular flexibility index (Phi) is 4.62. The lowest BCUT2D eigenvalue weighted by molar-refractivity contribution is 0.102. The molecule has 1 N–H and O–H groups in total. The van der Waals surface area contributed by atoms with Gasteiger partial charge in [-0.2, -0.15) is 0 Å². The molecule has 0 aliphatic carbocycles. The summed E-state index contributed by atoms with van der Waals surface area (Å²) in [4.78, 5) is 21.9. The smallest absolute Gasteiger partial charge is 0.256 e.